The summed E-state index contributed by atoms with van der Waals surface area (Å²) < 4.78 is 22.8. The van der Waals surface area contributed by atoms with Crippen molar-refractivity contribution >= 4 is 23.9 Å². The highest BCUT2D eigenvalue weighted by Gasteiger charge is 2.27. The van der Waals surface area contributed by atoms with Gasteiger partial charge >= 0.3 is 23.9 Å². The molecule has 2 atom stereocenters. The van der Waals surface area contributed by atoms with Gasteiger partial charge < -0.3 is 18.9 Å². The maximum Gasteiger partial charge on any atom is 0.339 e. The molecule has 0 N–H and O–H groups in total. The number of carbonyl (C=O) groups is 4. The molecular formula is C44H66O8. The van der Waals surface area contributed by atoms with Crippen LogP contribution < -0.4 is 0 Å². The summed E-state index contributed by atoms with van der Waals surface area (Å²) >= 11 is 0. The van der Waals surface area contributed by atoms with Crippen LogP contribution in [0.2, 0.25) is 0 Å². The fourth-order valence-corrected chi connectivity index (χ4v) is 6.00. The molecule has 0 spiro atoms. The molecule has 0 aromatic heterocycles. The van der Waals surface area contributed by atoms with Gasteiger partial charge in [-0.25, -0.2) is 19.2 Å². The molecule has 290 valence electrons. The number of unbranched alkanes of at least 4 members (excludes halogenated alkanes) is 10. The monoisotopic (exact) mass is 722 g/mol. The first-order chi connectivity index (χ1) is 25.2. The summed E-state index contributed by atoms with van der Waals surface area (Å²) in [6.45, 7) is 13.5. The van der Waals surface area contributed by atoms with E-state index in [1.54, 1.807) is 30.3 Å². The molecule has 8 heteroatoms. The Hall–Kier alpha value is -3.68. The Labute approximate surface area is 313 Å². The summed E-state index contributed by atoms with van der Waals surface area (Å²) in [6.07, 6.45) is 16.0. The third-order valence-electron chi connectivity index (χ3n) is 9.32. The van der Waals surface area contributed by atoms with Crippen LogP contribution in [-0.4, -0.2) is 50.3 Å². The van der Waals surface area contributed by atoms with E-state index in [1.165, 1.54) is 6.07 Å². The SMILES string of the molecule is CCCCCCCOC(=O)c1cccc(-c2ccc(C(=O)OCC(C)CCCC)c(C(=O)OCC(C)CCCC)c2)c1C(=O)OCCCCCCC. The minimum Gasteiger partial charge on any atom is -0.462 e. The number of rotatable bonds is 27. The molecule has 0 aliphatic rings. The van der Waals surface area contributed by atoms with Crippen LogP contribution in [0, 0.1) is 11.8 Å². The average Bonchev–Trinajstić information content (AvgIpc) is 3.16. The summed E-state index contributed by atoms with van der Waals surface area (Å²) in [5, 5.41) is 0. The van der Waals surface area contributed by atoms with Gasteiger partial charge in [0.05, 0.1) is 48.7 Å². The van der Waals surface area contributed by atoms with Crippen molar-refractivity contribution in [2.75, 3.05) is 26.4 Å². The topological polar surface area (TPSA) is 105 Å². The maximum absolute atomic E-state index is 13.8. The highest BCUT2D eigenvalue weighted by atomic mass is 16.5. The lowest BCUT2D eigenvalue weighted by molar-refractivity contribution is 0.0396. The molecule has 0 saturated heterocycles. The molecule has 2 rings (SSSR count). The second kappa shape index (κ2) is 26.1. The van der Waals surface area contributed by atoms with E-state index in [0.29, 0.717) is 17.5 Å². The van der Waals surface area contributed by atoms with Crippen LogP contribution in [0.3, 0.4) is 0 Å². The maximum atomic E-state index is 13.8. The van der Waals surface area contributed by atoms with Crippen molar-refractivity contribution < 1.29 is 38.1 Å². The van der Waals surface area contributed by atoms with Gasteiger partial charge in [-0.1, -0.05) is 137 Å². The number of hydrogen-bond acceptors (Lipinski definition) is 8. The molecule has 0 bridgehead atoms. The lowest BCUT2D eigenvalue weighted by Gasteiger charge is -2.17. The normalized spacial score (nSPS) is 12.2. The molecule has 0 heterocycles. The van der Waals surface area contributed by atoms with E-state index in [-0.39, 0.29) is 60.5 Å². The third kappa shape index (κ3) is 15.9. The summed E-state index contributed by atoms with van der Waals surface area (Å²) in [5.41, 5.74) is 1.16. The second-order valence-electron chi connectivity index (χ2n) is 14.3. The Bertz CT molecular complexity index is 1370. The van der Waals surface area contributed by atoms with Gasteiger partial charge in [0.2, 0.25) is 0 Å². The minimum atomic E-state index is -0.647. The summed E-state index contributed by atoms with van der Waals surface area (Å²) in [6, 6.07) is 9.72. The smallest absolute Gasteiger partial charge is 0.339 e. The molecule has 0 fully saturated rings. The Balaban J connectivity index is 2.51. The van der Waals surface area contributed by atoms with Crippen molar-refractivity contribution in [2.24, 2.45) is 11.8 Å². The molecule has 0 aliphatic carbocycles. The van der Waals surface area contributed by atoms with Crippen molar-refractivity contribution in [3.8, 4) is 11.1 Å². The lowest BCUT2D eigenvalue weighted by atomic mass is 9.92. The Morgan fingerprint density at radius 2 is 0.981 bits per heavy atom. The Morgan fingerprint density at radius 3 is 1.52 bits per heavy atom. The van der Waals surface area contributed by atoms with E-state index < -0.39 is 23.9 Å². The number of carbonyl (C=O) groups excluding carboxylic acids is 4. The van der Waals surface area contributed by atoms with Gasteiger partial charge in [-0.15, -0.1) is 0 Å². The van der Waals surface area contributed by atoms with Crippen LogP contribution in [0.1, 0.15) is 186 Å². The van der Waals surface area contributed by atoms with Gasteiger partial charge in [0, 0.05) is 0 Å². The largest absolute Gasteiger partial charge is 0.462 e. The zero-order valence-corrected chi connectivity index (χ0v) is 33.0. The molecule has 0 saturated carbocycles. The number of hydrogen-bond donors (Lipinski definition) is 0. The first kappa shape index (κ1) is 44.5. The standard InChI is InChI=1S/C44H66O8/c1-7-11-15-17-19-28-49-42(46)38-25-21-24-36(40(38)44(48)50-29-20-18-16-12-8-2)35-26-27-37(41(45)51-31-33(5)22-13-9-3)39(30-35)43(47)52-32-34(6)23-14-10-4/h21,24-27,30,33-34H,7-20,22-23,28-29,31-32H2,1-6H3. The van der Waals surface area contributed by atoms with E-state index in [4.69, 9.17) is 18.9 Å². The highest BCUT2D eigenvalue weighted by Crippen LogP contribution is 2.31. The molecule has 2 aromatic rings. The van der Waals surface area contributed by atoms with Crippen molar-refractivity contribution in [3.63, 3.8) is 0 Å². The van der Waals surface area contributed by atoms with E-state index in [1.807, 2.05) is 13.8 Å². The highest BCUT2D eigenvalue weighted by molar-refractivity contribution is 6.09. The number of benzene rings is 2. The summed E-state index contributed by atoms with van der Waals surface area (Å²) in [4.78, 5) is 54.3. The third-order valence-corrected chi connectivity index (χ3v) is 9.32. The van der Waals surface area contributed by atoms with Gasteiger partial charge in [0.25, 0.3) is 0 Å². The molecule has 2 unspecified atom stereocenters. The Kier molecular flexibility index (Phi) is 22.4. The fourth-order valence-electron chi connectivity index (χ4n) is 6.00. The van der Waals surface area contributed by atoms with E-state index in [9.17, 15) is 19.2 Å². The average molecular weight is 723 g/mol. The van der Waals surface area contributed by atoms with Crippen LogP contribution >= 0.6 is 0 Å². The molecule has 0 radical (unpaired) electrons. The zero-order valence-electron chi connectivity index (χ0n) is 33.0. The molecule has 52 heavy (non-hydrogen) atoms. The fraction of sp³-hybridized carbons (Fsp3) is 0.636. The van der Waals surface area contributed by atoms with Crippen molar-refractivity contribution in [2.45, 2.75) is 144 Å². The first-order valence-corrected chi connectivity index (χ1v) is 20.1. The van der Waals surface area contributed by atoms with Gasteiger partial charge in [0.15, 0.2) is 0 Å². The van der Waals surface area contributed by atoms with Gasteiger partial charge in [-0.05, 0) is 66.8 Å². The Morgan fingerprint density at radius 1 is 0.500 bits per heavy atom. The number of esters is 4. The van der Waals surface area contributed by atoms with Gasteiger partial charge in [0.1, 0.15) is 0 Å². The zero-order chi connectivity index (χ0) is 38.1. The minimum absolute atomic E-state index is 0.0432. The second-order valence-corrected chi connectivity index (χ2v) is 14.3. The van der Waals surface area contributed by atoms with Crippen molar-refractivity contribution in [1.29, 1.82) is 0 Å². The lowest BCUT2D eigenvalue weighted by Crippen LogP contribution is -2.19. The van der Waals surface area contributed by atoms with Crippen LogP contribution in [0.15, 0.2) is 36.4 Å². The number of ether oxygens (including phenoxy) is 4. The molecule has 8 nitrogen and oxygen atoms in total. The summed E-state index contributed by atoms with van der Waals surface area (Å²) in [5.74, 6) is -2.17. The molecule has 0 amide bonds. The van der Waals surface area contributed by atoms with E-state index in [2.05, 4.69) is 27.7 Å². The van der Waals surface area contributed by atoms with Crippen molar-refractivity contribution in [3.05, 3.63) is 58.7 Å². The predicted octanol–water partition coefficient (Wildman–Crippen LogP) is 11.6. The van der Waals surface area contributed by atoms with Crippen LogP contribution in [0.4, 0.5) is 0 Å². The van der Waals surface area contributed by atoms with E-state index >= 15 is 0 Å². The molecule has 2 aromatic carbocycles. The molecular weight excluding hydrogens is 656 g/mol. The van der Waals surface area contributed by atoms with Gasteiger partial charge in [-0.3, -0.25) is 0 Å². The first-order valence-electron chi connectivity index (χ1n) is 20.1. The summed E-state index contributed by atoms with van der Waals surface area (Å²) in [7, 11) is 0. The molecule has 0 aliphatic heterocycles. The van der Waals surface area contributed by atoms with Crippen LogP contribution in [-0.2, 0) is 18.9 Å². The van der Waals surface area contributed by atoms with Crippen LogP contribution in [0.25, 0.3) is 11.1 Å². The quantitative estimate of drug-likeness (QED) is 0.0510. The van der Waals surface area contributed by atoms with E-state index in [0.717, 1.165) is 96.3 Å². The van der Waals surface area contributed by atoms with Crippen molar-refractivity contribution in [1.82, 2.24) is 0 Å². The van der Waals surface area contributed by atoms with Crippen LogP contribution in [0.5, 0.6) is 0 Å². The predicted molar refractivity (Wildman–Crippen MR) is 208 cm³/mol. The van der Waals surface area contributed by atoms with Gasteiger partial charge in [-0.2, -0.15) is 0 Å².